The minimum absolute atomic E-state index is 0.124. The van der Waals surface area contributed by atoms with Gasteiger partial charge in [-0.25, -0.2) is 0 Å². The molecule has 0 N–H and O–H groups in total. The third kappa shape index (κ3) is 3.46. The van der Waals surface area contributed by atoms with E-state index in [-0.39, 0.29) is 19.3 Å². The largest absolute Gasteiger partial charge is 0.494 e. The van der Waals surface area contributed by atoms with Crippen molar-refractivity contribution in [1.29, 1.82) is 0 Å². The van der Waals surface area contributed by atoms with Crippen molar-refractivity contribution in [3.05, 3.63) is 65.7 Å². The number of hydrogen-bond acceptors (Lipinski definition) is 3. The quantitative estimate of drug-likeness (QED) is 0.641. The van der Waals surface area contributed by atoms with Crippen LogP contribution < -0.4 is 5.46 Å². The van der Waals surface area contributed by atoms with E-state index in [2.05, 4.69) is 24.0 Å². The zero-order valence-corrected chi connectivity index (χ0v) is 13.0. The molecule has 0 radical (unpaired) electrons. The number of rotatable bonds is 4. The average molecular weight is 293 g/mol. The van der Waals surface area contributed by atoms with Gasteiger partial charge in [-0.1, -0.05) is 54.6 Å². The molecule has 2 atom stereocenters. The molecule has 0 saturated carbocycles. The van der Waals surface area contributed by atoms with Crippen LogP contribution in [0.5, 0.6) is 0 Å². The zero-order chi connectivity index (χ0) is 15.4. The summed E-state index contributed by atoms with van der Waals surface area (Å²) in [6.07, 6.45) is 2.06. The molecule has 112 valence electrons. The second-order valence-corrected chi connectivity index (χ2v) is 5.61. The number of aliphatic imine (C=N–C) groups is 1. The SMILES string of the molecule is C[C@H](N=Cc1ccccc1B1OC[C@H](C)O1)c1ccccc1. The highest BCUT2D eigenvalue weighted by Crippen LogP contribution is 2.16. The van der Waals surface area contributed by atoms with Crippen molar-refractivity contribution in [2.75, 3.05) is 6.61 Å². The van der Waals surface area contributed by atoms with Gasteiger partial charge in [0.2, 0.25) is 0 Å². The second-order valence-electron chi connectivity index (χ2n) is 5.61. The Kier molecular flexibility index (Phi) is 4.71. The Morgan fingerprint density at radius 2 is 1.86 bits per heavy atom. The van der Waals surface area contributed by atoms with Gasteiger partial charge in [-0.15, -0.1) is 0 Å². The maximum atomic E-state index is 5.80. The van der Waals surface area contributed by atoms with Gasteiger partial charge in [0.15, 0.2) is 0 Å². The molecule has 3 rings (SSSR count). The van der Waals surface area contributed by atoms with Gasteiger partial charge < -0.3 is 9.31 Å². The first kappa shape index (κ1) is 15.0. The lowest BCUT2D eigenvalue weighted by Crippen LogP contribution is -2.35. The highest BCUT2D eigenvalue weighted by molar-refractivity contribution is 6.63. The standard InChI is InChI=1S/C18H20BNO2/c1-14-13-21-19(22-14)18-11-7-6-10-17(18)12-20-15(2)16-8-4-3-5-9-16/h3-12,14-15H,13H2,1-2H3/t14-,15-/m0/s1. The van der Waals surface area contributed by atoms with Crippen molar-refractivity contribution in [1.82, 2.24) is 0 Å². The molecular formula is C18H20BNO2. The molecular weight excluding hydrogens is 273 g/mol. The molecule has 0 aliphatic carbocycles. The van der Waals surface area contributed by atoms with Crippen LogP contribution in [-0.2, 0) is 9.31 Å². The molecule has 1 heterocycles. The first-order valence-corrected chi connectivity index (χ1v) is 7.68. The molecule has 2 aromatic rings. The Morgan fingerprint density at radius 3 is 2.59 bits per heavy atom. The lowest BCUT2D eigenvalue weighted by atomic mass is 9.76. The van der Waals surface area contributed by atoms with E-state index in [0.29, 0.717) is 6.61 Å². The van der Waals surface area contributed by atoms with Crippen LogP contribution in [-0.4, -0.2) is 26.0 Å². The van der Waals surface area contributed by atoms with Crippen LogP contribution in [0.1, 0.15) is 31.0 Å². The van der Waals surface area contributed by atoms with Crippen molar-refractivity contribution in [2.24, 2.45) is 4.99 Å². The fourth-order valence-electron chi connectivity index (χ4n) is 2.53. The molecule has 22 heavy (non-hydrogen) atoms. The van der Waals surface area contributed by atoms with Gasteiger partial charge >= 0.3 is 7.12 Å². The fraction of sp³-hybridized carbons (Fsp3) is 0.278. The van der Waals surface area contributed by atoms with Gasteiger partial charge in [-0.05, 0) is 30.4 Å². The molecule has 1 aliphatic heterocycles. The zero-order valence-electron chi connectivity index (χ0n) is 13.0. The predicted molar refractivity (Wildman–Crippen MR) is 90.8 cm³/mol. The highest BCUT2D eigenvalue weighted by atomic mass is 16.6. The summed E-state index contributed by atoms with van der Waals surface area (Å²) >= 11 is 0. The maximum absolute atomic E-state index is 5.80. The Labute approximate surface area is 132 Å². The van der Waals surface area contributed by atoms with E-state index < -0.39 is 0 Å². The number of nitrogens with zero attached hydrogens (tertiary/aromatic N) is 1. The van der Waals surface area contributed by atoms with E-state index in [0.717, 1.165) is 11.0 Å². The van der Waals surface area contributed by atoms with Crippen LogP contribution in [0, 0.1) is 0 Å². The molecule has 0 spiro atoms. The van der Waals surface area contributed by atoms with Gasteiger partial charge in [0.25, 0.3) is 0 Å². The smallest absolute Gasteiger partial charge is 0.405 e. The molecule has 1 saturated heterocycles. The second kappa shape index (κ2) is 6.90. The molecule has 0 amide bonds. The molecule has 4 heteroatoms. The highest BCUT2D eigenvalue weighted by Gasteiger charge is 2.32. The summed E-state index contributed by atoms with van der Waals surface area (Å²) in [5.74, 6) is 0. The van der Waals surface area contributed by atoms with E-state index in [9.17, 15) is 0 Å². The maximum Gasteiger partial charge on any atom is 0.494 e. The summed E-state index contributed by atoms with van der Waals surface area (Å²) in [6, 6.07) is 18.5. The minimum atomic E-state index is -0.287. The van der Waals surface area contributed by atoms with Crippen LogP contribution >= 0.6 is 0 Å². The summed E-state index contributed by atoms with van der Waals surface area (Å²) in [7, 11) is -0.287. The van der Waals surface area contributed by atoms with Crippen LogP contribution in [0.3, 0.4) is 0 Å². The molecule has 3 nitrogen and oxygen atoms in total. The lowest BCUT2D eigenvalue weighted by molar-refractivity contribution is 0.258. The van der Waals surface area contributed by atoms with Crippen molar-refractivity contribution >= 4 is 18.8 Å². The van der Waals surface area contributed by atoms with E-state index in [1.54, 1.807) is 0 Å². The van der Waals surface area contributed by atoms with Crippen molar-refractivity contribution < 1.29 is 9.31 Å². The van der Waals surface area contributed by atoms with Gasteiger partial charge in [-0.2, -0.15) is 0 Å². The lowest BCUT2D eigenvalue weighted by Gasteiger charge is -2.10. The summed E-state index contributed by atoms with van der Waals surface area (Å²) in [5.41, 5.74) is 3.29. The predicted octanol–water partition coefficient (Wildman–Crippen LogP) is 3.00. The average Bonchev–Trinajstić information content (AvgIpc) is 3.00. The summed E-state index contributed by atoms with van der Waals surface area (Å²) in [6.45, 7) is 4.75. The van der Waals surface area contributed by atoms with E-state index in [1.807, 2.05) is 55.6 Å². The number of hydrogen-bond donors (Lipinski definition) is 0. The summed E-state index contributed by atoms with van der Waals surface area (Å²) in [4.78, 5) is 4.68. The van der Waals surface area contributed by atoms with Crippen molar-refractivity contribution in [3.8, 4) is 0 Å². The van der Waals surface area contributed by atoms with Crippen LogP contribution in [0.4, 0.5) is 0 Å². The summed E-state index contributed by atoms with van der Waals surface area (Å²) < 4.78 is 11.5. The minimum Gasteiger partial charge on any atom is -0.405 e. The van der Waals surface area contributed by atoms with Gasteiger partial charge in [0.1, 0.15) is 0 Å². The Bertz CT molecular complexity index is 645. The number of benzene rings is 2. The van der Waals surface area contributed by atoms with Gasteiger partial charge in [0, 0.05) is 6.21 Å². The van der Waals surface area contributed by atoms with E-state index in [4.69, 9.17) is 9.31 Å². The van der Waals surface area contributed by atoms with Crippen molar-refractivity contribution in [3.63, 3.8) is 0 Å². The van der Waals surface area contributed by atoms with Gasteiger partial charge in [0.05, 0.1) is 18.8 Å². The third-order valence-corrected chi connectivity index (χ3v) is 3.81. The monoisotopic (exact) mass is 293 g/mol. The summed E-state index contributed by atoms with van der Waals surface area (Å²) in [5, 5.41) is 0. The van der Waals surface area contributed by atoms with Crippen LogP contribution in [0.25, 0.3) is 0 Å². The van der Waals surface area contributed by atoms with Crippen molar-refractivity contribution in [2.45, 2.75) is 26.0 Å². The molecule has 0 aromatic heterocycles. The third-order valence-electron chi connectivity index (χ3n) is 3.81. The van der Waals surface area contributed by atoms with E-state index in [1.165, 1.54) is 5.56 Å². The molecule has 0 bridgehead atoms. The Morgan fingerprint density at radius 1 is 1.14 bits per heavy atom. The molecule has 1 aliphatic rings. The Balaban J connectivity index is 1.79. The van der Waals surface area contributed by atoms with E-state index >= 15 is 0 Å². The van der Waals surface area contributed by atoms with Gasteiger partial charge in [-0.3, -0.25) is 4.99 Å². The molecule has 2 aromatic carbocycles. The van der Waals surface area contributed by atoms with Crippen LogP contribution in [0.15, 0.2) is 59.6 Å². The first-order chi connectivity index (χ1) is 10.7. The first-order valence-electron chi connectivity index (χ1n) is 7.68. The molecule has 0 unspecified atom stereocenters. The normalized spacial score (nSPS) is 19.7. The topological polar surface area (TPSA) is 30.8 Å². The molecule has 1 fully saturated rings. The Hall–Kier alpha value is -1.91. The fourth-order valence-corrected chi connectivity index (χ4v) is 2.53. The van der Waals surface area contributed by atoms with Crippen LogP contribution in [0.2, 0.25) is 0 Å².